The Balaban J connectivity index is 1.40. The number of quaternary nitrogens is 1. The second-order valence-electron chi connectivity index (χ2n) is 7.44. The lowest BCUT2D eigenvalue weighted by atomic mass is 9.94. The van der Waals surface area contributed by atoms with Crippen molar-refractivity contribution >= 4 is 28.6 Å². The molecule has 2 aromatic rings. The summed E-state index contributed by atoms with van der Waals surface area (Å²) in [6.07, 6.45) is 6.70. The molecule has 26 heavy (non-hydrogen) atoms. The Morgan fingerprint density at radius 3 is 2.65 bits per heavy atom. The van der Waals surface area contributed by atoms with Gasteiger partial charge in [-0.3, -0.25) is 9.36 Å². The molecule has 0 spiro atoms. The summed E-state index contributed by atoms with van der Waals surface area (Å²) in [5.74, 6) is -0.533. The fraction of sp³-hybridized carbons (Fsp3) is 0.579. The summed E-state index contributed by atoms with van der Waals surface area (Å²) < 4.78 is 6.61. The fourth-order valence-corrected chi connectivity index (χ4v) is 4.55. The second-order valence-corrected chi connectivity index (χ2v) is 7.88. The van der Waals surface area contributed by atoms with E-state index in [4.69, 9.17) is 16.0 Å². The lowest BCUT2D eigenvalue weighted by molar-refractivity contribution is -0.930. The number of nitrogens with zero attached hydrogens (tertiary/aromatic N) is 2. The van der Waals surface area contributed by atoms with Crippen LogP contribution in [0, 0.1) is 0 Å². The summed E-state index contributed by atoms with van der Waals surface area (Å²) in [5, 5.41) is 0.506. The van der Waals surface area contributed by atoms with Crippen LogP contribution in [0.4, 0.5) is 0 Å². The molecule has 0 bridgehead atoms. The van der Waals surface area contributed by atoms with Gasteiger partial charge in [0.15, 0.2) is 5.58 Å². The first-order valence-electron chi connectivity index (χ1n) is 9.53. The largest absolute Gasteiger partial charge is 0.420 e. The van der Waals surface area contributed by atoms with E-state index in [9.17, 15) is 9.59 Å². The van der Waals surface area contributed by atoms with Crippen LogP contribution in [0.5, 0.6) is 0 Å². The van der Waals surface area contributed by atoms with Crippen LogP contribution in [-0.4, -0.2) is 47.6 Å². The van der Waals surface area contributed by atoms with Gasteiger partial charge >= 0.3 is 5.76 Å². The molecule has 0 atom stereocenters. The molecule has 1 N–H and O–H groups in total. The zero-order valence-corrected chi connectivity index (χ0v) is 15.6. The van der Waals surface area contributed by atoms with Crippen LogP contribution in [0.15, 0.2) is 27.4 Å². The maximum atomic E-state index is 12.7. The van der Waals surface area contributed by atoms with Gasteiger partial charge in [0.1, 0.15) is 6.54 Å². The molecule has 2 heterocycles. The first-order chi connectivity index (χ1) is 12.6. The van der Waals surface area contributed by atoms with Crippen molar-refractivity contribution in [3.05, 3.63) is 33.8 Å². The van der Waals surface area contributed by atoms with Crippen LogP contribution < -0.4 is 10.7 Å². The van der Waals surface area contributed by atoms with Crippen LogP contribution in [0.3, 0.4) is 0 Å². The van der Waals surface area contributed by atoms with Gasteiger partial charge in [-0.25, -0.2) is 4.79 Å². The van der Waals surface area contributed by atoms with Crippen molar-refractivity contribution in [2.45, 2.75) is 44.7 Å². The van der Waals surface area contributed by atoms with Crippen molar-refractivity contribution in [1.82, 2.24) is 9.47 Å². The highest BCUT2D eigenvalue weighted by atomic mass is 35.5. The van der Waals surface area contributed by atoms with E-state index in [0.29, 0.717) is 16.1 Å². The van der Waals surface area contributed by atoms with Crippen molar-refractivity contribution in [2.24, 2.45) is 0 Å². The SMILES string of the molecule is O=C(Cn1c(=O)oc2cc(Cl)ccc21)N1CC[NH+](C2CCCCC2)CC1. The smallest absolute Gasteiger partial charge is 0.408 e. The third-order valence-electron chi connectivity index (χ3n) is 5.86. The average Bonchev–Trinajstić information content (AvgIpc) is 2.97. The molecule has 1 aromatic carbocycles. The fourth-order valence-electron chi connectivity index (χ4n) is 4.39. The summed E-state index contributed by atoms with van der Waals surface area (Å²) in [6, 6.07) is 5.80. The zero-order valence-electron chi connectivity index (χ0n) is 14.9. The van der Waals surface area contributed by atoms with Crippen LogP contribution in [0.1, 0.15) is 32.1 Å². The van der Waals surface area contributed by atoms with E-state index >= 15 is 0 Å². The summed E-state index contributed by atoms with van der Waals surface area (Å²) in [6.45, 7) is 3.56. The van der Waals surface area contributed by atoms with Crippen molar-refractivity contribution in [2.75, 3.05) is 26.2 Å². The number of halogens is 1. The normalized spacial score (nSPS) is 20.0. The average molecular weight is 379 g/mol. The summed E-state index contributed by atoms with van der Waals surface area (Å²) in [5.41, 5.74) is 1.03. The van der Waals surface area contributed by atoms with Crippen LogP contribution in [0.25, 0.3) is 11.1 Å². The molecule has 7 heteroatoms. The number of benzene rings is 1. The van der Waals surface area contributed by atoms with Crippen molar-refractivity contribution in [3.8, 4) is 0 Å². The van der Waals surface area contributed by atoms with Gasteiger partial charge in [-0.05, 0) is 37.8 Å². The number of aromatic nitrogens is 1. The lowest BCUT2D eigenvalue weighted by Crippen LogP contribution is -3.18. The van der Waals surface area contributed by atoms with E-state index in [1.54, 1.807) is 23.1 Å². The number of rotatable bonds is 3. The minimum Gasteiger partial charge on any atom is -0.408 e. The van der Waals surface area contributed by atoms with E-state index < -0.39 is 5.76 Å². The van der Waals surface area contributed by atoms with Gasteiger partial charge in [0.05, 0.1) is 37.7 Å². The Kier molecular flexibility index (Phi) is 5.05. The third-order valence-corrected chi connectivity index (χ3v) is 6.10. The standard InChI is InChI=1S/C19H24ClN3O3/c20-14-6-7-16-17(12-14)26-19(25)23(16)13-18(24)22-10-8-21(9-11-22)15-4-2-1-3-5-15/h6-7,12,15H,1-5,8-11,13H2/p+1. The molecule has 1 saturated carbocycles. The number of fused-ring (bicyclic) bond motifs is 1. The summed E-state index contributed by atoms with van der Waals surface area (Å²) in [7, 11) is 0. The predicted molar refractivity (Wildman–Crippen MR) is 99.6 cm³/mol. The first kappa shape index (κ1) is 17.6. The molecular formula is C19H25ClN3O3+. The van der Waals surface area contributed by atoms with Crippen molar-refractivity contribution in [1.29, 1.82) is 0 Å². The maximum absolute atomic E-state index is 12.7. The molecule has 1 aromatic heterocycles. The molecule has 0 unspecified atom stereocenters. The molecule has 2 fully saturated rings. The Labute approximate surface area is 157 Å². The highest BCUT2D eigenvalue weighted by Crippen LogP contribution is 2.19. The number of hydrogen-bond acceptors (Lipinski definition) is 3. The van der Waals surface area contributed by atoms with Crippen LogP contribution in [0.2, 0.25) is 5.02 Å². The Bertz CT molecular complexity index is 845. The van der Waals surface area contributed by atoms with Crippen molar-refractivity contribution < 1.29 is 14.1 Å². The molecule has 1 aliphatic carbocycles. The van der Waals surface area contributed by atoms with Gasteiger partial charge in [-0.15, -0.1) is 0 Å². The third kappa shape index (κ3) is 3.53. The Morgan fingerprint density at radius 2 is 1.92 bits per heavy atom. The van der Waals surface area contributed by atoms with Crippen LogP contribution in [-0.2, 0) is 11.3 Å². The number of amides is 1. The molecule has 1 saturated heterocycles. The molecule has 2 aliphatic rings. The summed E-state index contributed by atoms with van der Waals surface area (Å²) >= 11 is 5.94. The number of nitrogens with one attached hydrogen (secondary N) is 1. The van der Waals surface area contributed by atoms with Crippen LogP contribution >= 0.6 is 11.6 Å². The molecule has 1 amide bonds. The number of hydrogen-bond donors (Lipinski definition) is 1. The minimum absolute atomic E-state index is 0.0201. The number of piperazine rings is 1. The molecule has 6 nitrogen and oxygen atoms in total. The van der Waals surface area contributed by atoms with E-state index in [1.807, 2.05) is 4.90 Å². The number of oxazole rings is 1. The molecule has 140 valence electrons. The van der Waals surface area contributed by atoms with Gasteiger partial charge in [-0.2, -0.15) is 0 Å². The second kappa shape index (κ2) is 7.45. The van der Waals surface area contributed by atoms with E-state index in [2.05, 4.69) is 0 Å². The number of carbonyl (C=O) groups excluding carboxylic acids is 1. The Hall–Kier alpha value is -1.79. The highest BCUT2D eigenvalue weighted by Gasteiger charge is 2.30. The zero-order chi connectivity index (χ0) is 18.1. The van der Waals surface area contributed by atoms with Gasteiger partial charge in [0, 0.05) is 11.1 Å². The first-order valence-corrected chi connectivity index (χ1v) is 9.91. The quantitative estimate of drug-likeness (QED) is 0.876. The van der Waals surface area contributed by atoms with Gasteiger partial charge in [-0.1, -0.05) is 18.0 Å². The van der Waals surface area contributed by atoms with E-state index in [-0.39, 0.29) is 12.5 Å². The minimum atomic E-state index is -0.512. The van der Waals surface area contributed by atoms with E-state index in [1.165, 1.54) is 36.7 Å². The lowest BCUT2D eigenvalue weighted by Gasteiger charge is -2.38. The summed E-state index contributed by atoms with van der Waals surface area (Å²) in [4.78, 5) is 28.3. The monoisotopic (exact) mass is 378 g/mol. The Morgan fingerprint density at radius 1 is 1.19 bits per heavy atom. The van der Waals surface area contributed by atoms with Gasteiger partial charge in [0.2, 0.25) is 5.91 Å². The number of carbonyl (C=O) groups is 1. The molecular weight excluding hydrogens is 354 g/mol. The molecule has 1 aliphatic heterocycles. The predicted octanol–water partition coefficient (Wildman–Crippen LogP) is 1.31. The van der Waals surface area contributed by atoms with Gasteiger partial charge < -0.3 is 14.2 Å². The molecule has 4 rings (SSSR count). The highest BCUT2D eigenvalue weighted by molar-refractivity contribution is 6.31. The topological polar surface area (TPSA) is 59.9 Å². The molecule has 0 radical (unpaired) electrons. The van der Waals surface area contributed by atoms with E-state index in [0.717, 1.165) is 32.2 Å². The van der Waals surface area contributed by atoms with Crippen molar-refractivity contribution in [3.63, 3.8) is 0 Å². The van der Waals surface area contributed by atoms with Gasteiger partial charge in [0.25, 0.3) is 0 Å². The maximum Gasteiger partial charge on any atom is 0.420 e.